The molecule has 110 valence electrons. The number of pyridine rings is 1. The number of rotatable bonds is 2. The van der Waals surface area contributed by atoms with Gasteiger partial charge >= 0.3 is 0 Å². The molecule has 0 aliphatic carbocycles. The lowest BCUT2D eigenvalue weighted by Gasteiger charge is -2.29. The van der Waals surface area contributed by atoms with E-state index in [1.165, 1.54) is 0 Å². The van der Waals surface area contributed by atoms with Crippen LogP contribution in [0.3, 0.4) is 0 Å². The van der Waals surface area contributed by atoms with Gasteiger partial charge in [0.25, 0.3) is 0 Å². The minimum Gasteiger partial charge on any atom is -0.391 e. The predicted octanol–water partition coefficient (Wildman–Crippen LogP) is 1.39. The van der Waals surface area contributed by atoms with Crippen molar-refractivity contribution in [3.05, 3.63) is 30.2 Å². The summed E-state index contributed by atoms with van der Waals surface area (Å²) in [6.45, 7) is 3.48. The van der Waals surface area contributed by atoms with Crippen LogP contribution in [-0.2, 0) is 0 Å². The predicted molar refractivity (Wildman–Crippen MR) is 81.9 cm³/mol. The van der Waals surface area contributed by atoms with Crippen LogP contribution in [0.4, 0.5) is 11.8 Å². The van der Waals surface area contributed by atoms with Gasteiger partial charge in [0.15, 0.2) is 0 Å². The van der Waals surface area contributed by atoms with Gasteiger partial charge in [-0.2, -0.15) is 0 Å². The lowest BCUT2D eigenvalue weighted by molar-refractivity contribution is 0.153. The van der Waals surface area contributed by atoms with Crippen molar-refractivity contribution in [2.75, 3.05) is 23.7 Å². The van der Waals surface area contributed by atoms with E-state index in [0.717, 1.165) is 36.1 Å². The first-order chi connectivity index (χ1) is 10.1. The van der Waals surface area contributed by atoms with E-state index in [2.05, 4.69) is 15.0 Å². The van der Waals surface area contributed by atoms with Crippen LogP contribution in [0.15, 0.2) is 24.7 Å². The summed E-state index contributed by atoms with van der Waals surface area (Å²) >= 11 is 0. The second-order valence-electron chi connectivity index (χ2n) is 5.44. The Bertz CT molecular complexity index is 628. The number of nitrogens with two attached hydrogens (primary N) is 1. The van der Waals surface area contributed by atoms with E-state index >= 15 is 0 Å². The van der Waals surface area contributed by atoms with E-state index in [1.807, 2.05) is 17.9 Å². The molecule has 1 unspecified atom stereocenters. The second-order valence-corrected chi connectivity index (χ2v) is 5.44. The van der Waals surface area contributed by atoms with Crippen LogP contribution in [0.5, 0.6) is 0 Å². The van der Waals surface area contributed by atoms with Crippen molar-refractivity contribution in [3.63, 3.8) is 0 Å². The van der Waals surface area contributed by atoms with E-state index in [0.29, 0.717) is 18.3 Å². The summed E-state index contributed by atoms with van der Waals surface area (Å²) in [7, 11) is 0. The lowest BCUT2D eigenvalue weighted by Crippen LogP contribution is -2.39. The van der Waals surface area contributed by atoms with Crippen LogP contribution >= 0.6 is 0 Å². The largest absolute Gasteiger partial charge is 0.391 e. The topological polar surface area (TPSA) is 88.2 Å². The Morgan fingerprint density at radius 1 is 1.24 bits per heavy atom. The average molecular weight is 285 g/mol. The Labute approximate surface area is 123 Å². The summed E-state index contributed by atoms with van der Waals surface area (Å²) < 4.78 is 0. The molecule has 0 bridgehead atoms. The molecule has 0 saturated carbocycles. The van der Waals surface area contributed by atoms with Gasteiger partial charge in [-0.15, -0.1) is 0 Å². The van der Waals surface area contributed by atoms with Crippen LogP contribution in [-0.4, -0.2) is 39.3 Å². The monoisotopic (exact) mass is 285 g/mol. The molecule has 0 amide bonds. The lowest BCUT2D eigenvalue weighted by atomic mass is 10.1. The van der Waals surface area contributed by atoms with Crippen LogP contribution in [0.25, 0.3) is 11.1 Å². The van der Waals surface area contributed by atoms with Crippen molar-refractivity contribution in [2.24, 2.45) is 0 Å². The molecule has 21 heavy (non-hydrogen) atoms. The van der Waals surface area contributed by atoms with Gasteiger partial charge in [0.2, 0.25) is 5.95 Å². The summed E-state index contributed by atoms with van der Waals surface area (Å²) in [5.41, 5.74) is 8.61. The summed E-state index contributed by atoms with van der Waals surface area (Å²) in [5, 5.41) is 9.72. The highest BCUT2D eigenvalue weighted by molar-refractivity contribution is 5.66. The summed E-state index contributed by atoms with van der Waals surface area (Å²) in [6, 6.07) is 1.84. The minimum atomic E-state index is -0.287. The zero-order valence-corrected chi connectivity index (χ0v) is 12.0. The number of hydrogen-bond donors (Lipinski definition) is 2. The second kappa shape index (κ2) is 5.65. The van der Waals surface area contributed by atoms with Crippen molar-refractivity contribution in [1.82, 2.24) is 15.0 Å². The fourth-order valence-electron chi connectivity index (χ4n) is 2.64. The number of aliphatic hydroxyl groups excluding tert-OH is 1. The maximum absolute atomic E-state index is 9.72. The van der Waals surface area contributed by atoms with E-state index in [9.17, 15) is 5.11 Å². The normalized spacial score (nSPS) is 18.8. The van der Waals surface area contributed by atoms with Gasteiger partial charge in [-0.1, -0.05) is 0 Å². The first-order valence-corrected chi connectivity index (χ1v) is 7.11. The Morgan fingerprint density at radius 2 is 2.00 bits per heavy atom. The SMILES string of the molecule is Cc1cc(N)ncc1-c1cnc(N2CCCC(O)C2)nc1. The van der Waals surface area contributed by atoms with Crippen molar-refractivity contribution >= 4 is 11.8 Å². The Balaban J connectivity index is 1.83. The molecule has 3 heterocycles. The third-order valence-corrected chi connectivity index (χ3v) is 3.76. The average Bonchev–Trinajstić information content (AvgIpc) is 2.47. The molecule has 1 fully saturated rings. The third-order valence-electron chi connectivity index (χ3n) is 3.76. The molecule has 3 rings (SSSR count). The molecule has 6 nitrogen and oxygen atoms in total. The number of piperidine rings is 1. The highest BCUT2D eigenvalue weighted by Gasteiger charge is 2.19. The molecule has 6 heteroatoms. The Kier molecular flexibility index (Phi) is 3.70. The number of nitrogens with zero attached hydrogens (tertiary/aromatic N) is 4. The molecule has 1 aliphatic rings. The smallest absolute Gasteiger partial charge is 0.225 e. The number of aryl methyl sites for hydroxylation is 1. The van der Waals surface area contributed by atoms with E-state index in [4.69, 9.17) is 5.73 Å². The molecule has 2 aromatic rings. The Morgan fingerprint density at radius 3 is 2.67 bits per heavy atom. The molecule has 3 N–H and O–H groups in total. The molecule has 1 aliphatic heterocycles. The fraction of sp³-hybridized carbons (Fsp3) is 0.400. The van der Waals surface area contributed by atoms with E-state index in [1.54, 1.807) is 18.6 Å². The number of nitrogen functional groups attached to an aromatic ring is 1. The van der Waals surface area contributed by atoms with Crippen LogP contribution in [0, 0.1) is 6.92 Å². The molecular weight excluding hydrogens is 266 g/mol. The maximum atomic E-state index is 9.72. The zero-order valence-electron chi connectivity index (χ0n) is 12.0. The molecule has 0 radical (unpaired) electrons. The molecule has 0 aromatic carbocycles. The number of hydrogen-bond acceptors (Lipinski definition) is 6. The summed E-state index contributed by atoms with van der Waals surface area (Å²) in [6.07, 6.45) is 6.87. The standard InChI is InChI=1S/C15H19N5O/c1-10-5-14(16)17-8-13(10)11-6-18-15(19-7-11)20-4-2-3-12(21)9-20/h5-8,12,21H,2-4,9H2,1H3,(H2,16,17). The Hall–Kier alpha value is -2.21. The maximum Gasteiger partial charge on any atom is 0.225 e. The number of anilines is 2. The van der Waals surface area contributed by atoms with Crippen LogP contribution in [0.1, 0.15) is 18.4 Å². The highest BCUT2D eigenvalue weighted by atomic mass is 16.3. The fourth-order valence-corrected chi connectivity index (χ4v) is 2.64. The zero-order chi connectivity index (χ0) is 14.8. The number of aromatic nitrogens is 3. The van der Waals surface area contributed by atoms with Gasteiger partial charge in [0.1, 0.15) is 5.82 Å². The first-order valence-electron chi connectivity index (χ1n) is 7.11. The van der Waals surface area contributed by atoms with Crippen LogP contribution < -0.4 is 10.6 Å². The van der Waals surface area contributed by atoms with E-state index in [-0.39, 0.29) is 6.10 Å². The minimum absolute atomic E-state index is 0.287. The third kappa shape index (κ3) is 2.95. The molecule has 0 spiro atoms. The molecule has 2 aromatic heterocycles. The summed E-state index contributed by atoms with van der Waals surface area (Å²) in [4.78, 5) is 15.0. The van der Waals surface area contributed by atoms with Crippen molar-refractivity contribution < 1.29 is 5.11 Å². The van der Waals surface area contributed by atoms with Gasteiger partial charge in [0, 0.05) is 42.8 Å². The quantitative estimate of drug-likeness (QED) is 0.867. The van der Waals surface area contributed by atoms with E-state index < -0.39 is 0 Å². The molecule has 1 saturated heterocycles. The summed E-state index contributed by atoms with van der Waals surface area (Å²) in [5.74, 6) is 1.18. The number of aliphatic hydroxyl groups is 1. The number of β-amino-alcohol motifs (C(OH)–C–C–N with tert-alkyl or cyclic N) is 1. The molecular formula is C15H19N5O. The van der Waals surface area contributed by atoms with Gasteiger partial charge in [-0.05, 0) is 31.4 Å². The van der Waals surface area contributed by atoms with Crippen LogP contribution in [0.2, 0.25) is 0 Å². The van der Waals surface area contributed by atoms with Crippen molar-refractivity contribution in [3.8, 4) is 11.1 Å². The molecule has 1 atom stereocenters. The van der Waals surface area contributed by atoms with Gasteiger partial charge in [-0.25, -0.2) is 15.0 Å². The van der Waals surface area contributed by atoms with Gasteiger partial charge < -0.3 is 15.7 Å². The highest BCUT2D eigenvalue weighted by Crippen LogP contribution is 2.24. The van der Waals surface area contributed by atoms with Gasteiger partial charge in [0.05, 0.1) is 6.10 Å². The van der Waals surface area contributed by atoms with Crippen molar-refractivity contribution in [1.29, 1.82) is 0 Å². The van der Waals surface area contributed by atoms with Gasteiger partial charge in [-0.3, -0.25) is 0 Å². The van der Waals surface area contributed by atoms with Crippen molar-refractivity contribution in [2.45, 2.75) is 25.9 Å². The first kappa shape index (κ1) is 13.8.